The van der Waals surface area contributed by atoms with Crippen molar-refractivity contribution in [2.24, 2.45) is 5.92 Å². The van der Waals surface area contributed by atoms with Crippen LogP contribution in [0.3, 0.4) is 0 Å². The quantitative estimate of drug-likeness (QED) is 0.722. The second-order valence-electron chi connectivity index (χ2n) is 6.55. The number of rotatable bonds is 6. The zero-order valence-corrected chi connectivity index (χ0v) is 17.2. The SMILES string of the molecule is O=C(CC1CCN(S(=O)(=O)c2ccc(Br)s2)CC1)NC[C@@H]1CCCO1. The van der Waals surface area contributed by atoms with Gasteiger partial charge in [0.05, 0.1) is 9.89 Å². The summed E-state index contributed by atoms with van der Waals surface area (Å²) in [6.07, 6.45) is 4.13. The fraction of sp³-hybridized carbons (Fsp3) is 0.688. The molecule has 1 aromatic rings. The molecule has 2 aliphatic rings. The monoisotopic (exact) mass is 450 g/mol. The van der Waals surface area contributed by atoms with E-state index in [1.165, 1.54) is 15.6 Å². The van der Waals surface area contributed by atoms with E-state index in [0.717, 1.165) is 36.1 Å². The lowest BCUT2D eigenvalue weighted by molar-refractivity contribution is -0.122. The van der Waals surface area contributed by atoms with E-state index < -0.39 is 10.0 Å². The predicted molar refractivity (Wildman–Crippen MR) is 100 cm³/mol. The van der Waals surface area contributed by atoms with Gasteiger partial charge in [-0.1, -0.05) is 0 Å². The Kier molecular flexibility index (Phi) is 6.54. The van der Waals surface area contributed by atoms with E-state index in [4.69, 9.17) is 4.74 Å². The molecule has 25 heavy (non-hydrogen) atoms. The molecule has 140 valence electrons. The van der Waals surface area contributed by atoms with Crippen LogP contribution in [0.5, 0.6) is 0 Å². The van der Waals surface area contributed by atoms with Crippen LogP contribution in [-0.2, 0) is 19.6 Å². The molecular formula is C16H23BrN2O4S2. The Hall–Kier alpha value is -0.480. The first-order chi connectivity index (χ1) is 11.9. The minimum absolute atomic E-state index is 0.0407. The summed E-state index contributed by atoms with van der Waals surface area (Å²) < 4.78 is 33.4. The normalized spacial score (nSPS) is 23.0. The molecule has 2 aliphatic heterocycles. The van der Waals surface area contributed by atoms with Crippen LogP contribution in [0, 0.1) is 5.92 Å². The molecule has 0 aliphatic carbocycles. The van der Waals surface area contributed by atoms with Crippen molar-refractivity contribution in [3.05, 3.63) is 15.9 Å². The molecule has 2 saturated heterocycles. The molecule has 0 saturated carbocycles. The lowest BCUT2D eigenvalue weighted by Gasteiger charge is -2.30. The zero-order chi connectivity index (χ0) is 17.9. The number of hydrogen-bond acceptors (Lipinski definition) is 5. The van der Waals surface area contributed by atoms with Crippen LogP contribution in [0.2, 0.25) is 0 Å². The Morgan fingerprint density at radius 3 is 2.68 bits per heavy atom. The third kappa shape index (κ3) is 5.03. The Labute approximate surface area is 161 Å². The minimum atomic E-state index is -3.41. The van der Waals surface area contributed by atoms with Gasteiger partial charge in [-0.25, -0.2) is 8.42 Å². The first-order valence-corrected chi connectivity index (χ1v) is 11.6. The van der Waals surface area contributed by atoms with E-state index in [9.17, 15) is 13.2 Å². The third-order valence-electron chi connectivity index (χ3n) is 4.74. The van der Waals surface area contributed by atoms with E-state index in [1.807, 2.05) is 0 Å². The molecule has 0 bridgehead atoms. The van der Waals surface area contributed by atoms with Gasteiger partial charge >= 0.3 is 0 Å². The number of thiophene rings is 1. The summed E-state index contributed by atoms with van der Waals surface area (Å²) in [6, 6.07) is 3.39. The summed E-state index contributed by atoms with van der Waals surface area (Å²) in [5, 5.41) is 2.94. The highest BCUT2D eigenvalue weighted by atomic mass is 79.9. The molecule has 1 amide bonds. The molecule has 0 aromatic carbocycles. The van der Waals surface area contributed by atoms with Gasteiger partial charge in [-0.15, -0.1) is 11.3 Å². The van der Waals surface area contributed by atoms with Crippen molar-refractivity contribution in [1.29, 1.82) is 0 Å². The van der Waals surface area contributed by atoms with Crippen LogP contribution in [-0.4, -0.2) is 51.0 Å². The van der Waals surface area contributed by atoms with E-state index in [0.29, 0.717) is 30.3 Å². The standard InChI is InChI=1S/C16H23BrN2O4S2/c17-14-3-4-16(24-14)25(21,22)19-7-5-12(6-8-19)10-15(20)18-11-13-2-1-9-23-13/h3-4,12-13H,1-2,5-11H2,(H,18,20)/t13-/m0/s1. The fourth-order valence-corrected chi connectivity index (χ4v) is 6.92. The molecule has 0 radical (unpaired) electrons. The van der Waals surface area contributed by atoms with Gasteiger partial charge in [-0.05, 0) is 59.7 Å². The van der Waals surface area contributed by atoms with Crippen molar-refractivity contribution in [1.82, 2.24) is 9.62 Å². The average Bonchev–Trinajstić information content (AvgIpc) is 3.25. The second-order valence-corrected chi connectivity index (χ2v) is 11.2. The fourth-order valence-electron chi connectivity index (χ4n) is 3.28. The zero-order valence-electron chi connectivity index (χ0n) is 13.9. The molecular weight excluding hydrogens is 428 g/mol. The van der Waals surface area contributed by atoms with E-state index >= 15 is 0 Å². The summed E-state index contributed by atoms with van der Waals surface area (Å²) in [7, 11) is -3.41. The summed E-state index contributed by atoms with van der Waals surface area (Å²) in [6.45, 7) is 2.32. The van der Waals surface area contributed by atoms with Gasteiger partial charge < -0.3 is 10.1 Å². The molecule has 1 atom stereocenters. The molecule has 6 nitrogen and oxygen atoms in total. The van der Waals surface area contributed by atoms with Crippen LogP contribution in [0.25, 0.3) is 0 Å². The molecule has 1 N–H and O–H groups in total. The third-order valence-corrected chi connectivity index (χ3v) is 8.73. The Morgan fingerprint density at radius 1 is 1.32 bits per heavy atom. The van der Waals surface area contributed by atoms with Crippen LogP contribution in [0.15, 0.2) is 20.1 Å². The highest BCUT2D eigenvalue weighted by Gasteiger charge is 2.31. The van der Waals surface area contributed by atoms with Crippen LogP contribution < -0.4 is 5.32 Å². The molecule has 3 rings (SSSR count). The maximum Gasteiger partial charge on any atom is 0.252 e. The molecule has 9 heteroatoms. The first kappa shape index (κ1) is 19.3. The maximum atomic E-state index is 12.6. The lowest BCUT2D eigenvalue weighted by atomic mass is 9.94. The van der Waals surface area contributed by atoms with Crippen molar-refractivity contribution in [2.75, 3.05) is 26.2 Å². The maximum absolute atomic E-state index is 12.6. The number of nitrogens with zero attached hydrogens (tertiary/aromatic N) is 1. The van der Waals surface area contributed by atoms with Crippen molar-refractivity contribution in [2.45, 2.75) is 42.4 Å². The first-order valence-electron chi connectivity index (χ1n) is 8.59. The lowest BCUT2D eigenvalue weighted by Crippen LogP contribution is -2.40. The average molecular weight is 451 g/mol. The van der Waals surface area contributed by atoms with Crippen molar-refractivity contribution >= 4 is 43.2 Å². The number of hydrogen-bond donors (Lipinski definition) is 1. The summed E-state index contributed by atoms with van der Waals surface area (Å²) in [5.74, 6) is 0.282. The highest BCUT2D eigenvalue weighted by Crippen LogP contribution is 2.31. The van der Waals surface area contributed by atoms with E-state index in [-0.39, 0.29) is 17.9 Å². The predicted octanol–water partition coefficient (Wildman–Crippen LogP) is 2.60. The smallest absolute Gasteiger partial charge is 0.252 e. The largest absolute Gasteiger partial charge is 0.376 e. The number of halogens is 1. The van der Waals surface area contributed by atoms with Crippen molar-refractivity contribution < 1.29 is 17.9 Å². The van der Waals surface area contributed by atoms with Crippen LogP contribution >= 0.6 is 27.3 Å². The molecule has 3 heterocycles. The highest BCUT2D eigenvalue weighted by molar-refractivity contribution is 9.11. The molecule has 1 aromatic heterocycles. The summed E-state index contributed by atoms with van der Waals surface area (Å²) >= 11 is 4.54. The molecule has 2 fully saturated rings. The topological polar surface area (TPSA) is 75.7 Å². The van der Waals surface area contributed by atoms with Gasteiger partial charge in [-0.3, -0.25) is 4.79 Å². The molecule has 0 spiro atoms. The number of carbonyl (C=O) groups excluding carboxylic acids is 1. The Balaban J connectivity index is 1.44. The van der Waals surface area contributed by atoms with E-state index in [1.54, 1.807) is 12.1 Å². The number of sulfonamides is 1. The van der Waals surface area contributed by atoms with Gasteiger partial charge in [0.1, 0.15) is 4.21 Å². The summed E-state index contributed by atoms with van der Waals surface area (Å²) in [5.41, 5.74) is 0. The Bertz CT molecular complexity index is 693. The number of amides is 1. The molecule has 0 unspecified atom stereocenters. The van der Waals surface area contributed by atoms with Gasteiger partial charge in [0.15, 0.2) is 0 Å². The van der Waals surface area contributed by atoms with Crippen molar-refractivity contribution in [3.8, 4) is 0 Å². The van der Waals surface area contributed by atoms with Gasteiger partial charge in [0, 0.05) is 32.7 Å². The summed E-state index contributed by atoms with van der Waals surface area (Å²) in [4.78, 5) is 12.1. The number of ether oxygens (including phenoxy) is 1. The number of piperidine rings is 1. The number of nitrogens with one attached hydrogen (secondary N) is 1. The second kappa shape index (κ2) is 8.47. The van der Waals surface area contributed by atoms with Gasteiger partial charge in [0.2, 0.25) is 5.91 Å². The van der Waals surface area contributed by atoms with Crippen LogP contribution in [0.4, 0.5) is 0 Å². The number of carbonyl (C=O) groups is 1. The Morgan fingerprint density at radius 2 is 2.08 bits per heavy atom. The minimum Gasteiger partial charge on any atom is -0.376 e. The van der Waals surface area contributed by atoms with E-state index in [2.05, 4.69) is 21.2 Å². The van der Waals surface area contributed by atoms with Gasteiger partial charge in [-0.2, -0.15) is 4.31 Å². The van der Waals surface area contributed by atoms with Gasteiger partial charge in [0.25, 0.3) is 10.0 Å². The van der Waals surface area contributed by atoms with Crippen LogP contribution in [0.1, 0.15) is 32.1 Å². The van der Waals surface area contributed by atoms with Crippen molar-refractivity contribution in [3.63, 3.8) is 0 Å².